The number of anilines is 1. The fraction of sp³-hybridized carbons (Fsp3) is 0.533. The molecule has 1 saturated carbocycles. The summed E-state index contributed by atoms with van der Waals surface area (Å²) in [5, 5.41) is 15.8. The summed E-state index contributed by atoms with van der Waals surface area (Å²) in [6.45, 7) is 0.470. The monoisotopic (exact) mass is 276 g/mol. The van der Waals surface area contributed by atoms with E-state index >= 15 is 0 Å². The van der Waals surface area contributed by atoms with Gasteiger partial charge in [-0.05, 0) is 37.8 Å². The molecule has 1 aromatic carbocycles. The molecule has 0 bridgehead atoms. The summed E-state index contributed by atoms with van der Waals surface area (Å²) in [7, 11) is 0. The molecule has 3 unspecified atom stereocenters. The highest BCUT2D eigenvalue weighted by atomic mass is 16.5. The van der Waals surface area contributed by atoms with E-state index in [-0.39, 0.29) is 18.1 Å². The average molecular weight is 276 g/mol. The normalized spacial score (nSPS) is 28.8. The smallest absolute Gasteiger partial charge is 0.263 e. The largest absolute Gasteiger partial charge is 0.477 e. The molecule has 108 valence electrons. The molecule has 3 rings (SSSR count). The first kappa shape index (κ1) is 13.2. The van der Waals surface area contributed by atoms with Crippen molar-refractivity contribution in [2.75, 3.05) is 11.9 Å². The van der Waals surface area contributed by atoms with Crippen LogP contribution in [0.15, 0.2) is 24.3 Å². The molecule has 20 heavy (non-hydrogen) atoms. The van der Waals surface area contributed by atoms with Crippen molar-refractivity contribution in [3.05, 3.63) is 24.3 Å². The Labute approximate surface area is 118 Å². The van der Waals surface area contributed by atoms with Crippen molar-refractivity contribution < 1.29 is 14.6 Å². The second-order valence-corrected chi connectivity index (χ2v) is 5.51. The molecule has 0 radical (unpaired) electrons. The van der Waals surface area contributed by atoms with E-state index in [1.165, 1.54) is 0 Å². The highest BCUT2D eigenvalue weighted by Crippen LogP contribution is 2.28. The SMILES string of the molecule is O=C(NC1CCCC(O)C1)C1CNc2ccccc2O1. The zero-order valence-corrected chi connectivity index (χ0v) is 11.3. The Balaban J connectivity index is 1.59. The number of ether oxygens (including phenoxy) is 1. The number of fused-ring (bicyclic) bond motifs is 1. The van der Waals surface area contributed by atoms with Gasteiger partial charge in [-0.15, -0.1) is 0 Å². The number of aliphatic hydroxyl groups is 1. The maximum absolute atomic E-state index is 12.2. The minimum atomic E-state index is -0.510. The standard InChI is InChI=1S/C15H20N2O3/c18-11-5-3-4-10(8-11)17-15(19)14-9-16-12-6-1-2-7-13(12)20-14/h1-2,6-7,10-11,14,16,18H,3-5,8-9H2,(H,17,19). The third kappa shape index (κ3) is 2.88. The predicted molar refractivity (Wildman–Crippen MR) is 75.8 cm³/mol. The molecule has 0 saturated heterocycles. The third-order valence-corrected chi connectivity index (χ3v) is 3.92. The van der Waals surface area contributed by atoms with Crippen molar-refractivity contribution in [1.29, 1.82) is 0 Å². The van der Waals surface area contributed by atoms with E-state index < -0.39 is 6.10 Å². The van der Waals surface area contributed by atoms with Crippen molar-refractivity contribution in [2.45, 2.75) is 43.9 Å². The number of carbonyl (C=O) groups excluding carboxylic acids is 1. The maximum Gasteiger partial charge on any atom is 0.263 e. The van der Waals surface area contributed by atoms with Crippen LogP contribution in [0.4, 0.5) is 5.69 Å². The summed E-state index contributed by atoms with van der Waals surface area (Å²) in [5.74, 6) is 0.605. The van der Waals surface area contributed by atoms with Crippen LogP contribution in [0.5, 0.6) is 5.75 Å². The number of benzene rings is 1. The number of aliphatic hydroxyl groups excluding tert-OH is 1. The Morgan fingerprint density at radius 1 is 1.35 bits per heavy atom. The van der Waals surface area contributed by atoms with Crippen LogP contribution in [-0.2, 0) is 4.79 Å². The lowest BCUT2D eigenvalue weighted by Gasteiger charge is -2.30. The van der Waals surface area contributed by atoms with Gasteiger partial charge in [0.15, 0.2) is 6.10 Å². The van der Waals surface area contributed by atoms with Gasteiger partial charge in [0, 0.05) is 6.04 Å². The molecular weight excluding hydrogens is 256 g/mol. The van der Waals surface area contributed by atoms with E-state index in [1.807, 2.05) is 24.3 Å². The first-order valence-electron chi connectivity index (χ1n) is 7.20. The molecule has 1 heterocycles. The highest BCUT2D eigenvalue weighted by Gasteiger charge is 2.29. The topological polar surface area (TPSA) is 70.6 Å². The number of hydrogen-bond acceptors (Lipinski definition) is 4. The zero-order valence-electron chi connectivity index (χ0n) is 11.3. The van der Waals surface area contributed by atoms with E-state index in [9.17, 15) is 9.90 Å². The zero-order chi connectivity index (χ0) is 13.9. The van der Waals surface area contributed by atoms with E-state index in [4.69, 9.17) is 4.74 Å². The molecule has 5 heteroatoms. The van der Waals surface area contributed by atoms with Gasteiger partial charge in [0.1, 0.15) is 5.75 Å². The summed E-state index contributed by atoms with van der Waals surface area (Å²) in [6.07, 6.45) is 2.56. The van der Waals surface area contributed by atoms with Gasteiger partial charge in [-0.25, -0.2) is 0 Å². The highest BCUT2D eigenvalue weighted by molar-refractivity contribution is 5.83. The van der Waals surface area contributed by atoms with Gasteiger partial charge in [0.2, 0.25) is 0 Å². The fourth-order valence-corrected chi connectivity index (χ4v) is 2.85. The molecule has 1 amide bonds. The van der Waals surface area contributed by atoms with Crippen LogP contribution in [0.1, 0.15) is 25.7 Å². The second-order valence-electron chi connectivity index (χ2n) is 5.51. The van der Waals surface area contributed by atoms with E-state index in [1.54, 1.807) is 0 Å². The number of hydrogen-bond donors (Lipinski definition) is 3. The maximum atomic E-state index is 12.2. The average Bonchev–Trinajstić information content (AvgIpc) is 2.47. The number of para-hydroxylation sites is 2. The van der Waals surface area contributed by atoms with Gasteiger partial charge in [0.05, 0.1) is 18.3 Å². The molecule has 1 aliphatic carbocycles. The summed E-state index contributed by atoms with van der Waals surface area (Å²) in [4.78, 5) is 12.2. The summed E-state index contributed by atoms with van der Waals surface area (Å²) in [6, 6.07) is 7.66. The molecule has 1 aromatic rings. The predicted octanol–water partition coefficient (Wildman–Crippen LogP) is 1.28. The fourth-order valence-electron chi connectivity index (χ4n) is 2.85. The number of carbonyl (C=O) groups is 1. The summed E-state index contributed by atoms with van der Waals surface area (Å²) in [5.41, 5.74) is 0.921. The van der Waals surface area contributed by atoms with Gasteiger partial charge in [-0.1, -0.05) is 12.1 Å². The number of rotatable bonds is 2. The number of nitrogens with one attached hydrogen (secondary N) is 2. The van der Waals surface area contributed by atoms with Gasteiger partial charge < -0.3 is 20.5 Å². The quantitative estimate of drug-likeness (QED) is 0.761. The molecule has 1 aliphatic heterocycles. The minimum absolute atomic E-state index is 0.0621. The second kappa shape index (κ2) is 5.71. The molecule has 3 N–H and O–H groups in total. The van der Waals surface area contributed by atoms with E-state index in [0.717, 1.165) is 24.9 Å². The molecule has 1 fully saturated rings. The van der Waals surface area contributed by atoms with Crippen molar-refractivity contribution in [3.63, 3.8) is 0 Å². The van der Waals surface area contributed by atoms with E-state index in [0.29, 0.717) is 18.7 Å². The van der Waals surface area contributed by atoms with Gasteiger partial charge in [-0.3, -0.25) is 4.79 Å². The molecule has 0 aromatic heterocycles. The van der Waals surface area contributed by atoms with Crippen LogP contribution < -0.4 is 15.4 Å². The van der Waals surface area contributed by atoms with Gasteiger partial charge >= 0.3 is 0 Å². The lowest BCUT2D eigenvalue weighted by molar-refractivity contribution is -0.128. The van der Waals surface area contributed by atoms with Crippen LogP contribution in [0, 0.1) is 0 Å². The first-order valence-corrected chi connectivity index (χ1v) is 7.20. The summed E-state index contributed by atoms with van der Waals surface area (Å²) < 4.78 is 5.73. The lowest BCUT2D eigenvalue weighted by Crippen LogP contribution is -2.49. The Bertz CT molecular complexity index is 492. The molecule has 2 aliphatic rings. The van der Waals surface area contributed by atoms with Crippen LogP contribution >= 0.6 is 0 Å². The van der Waals surface area contributed by atoms with E-state index in [2.05, 4.69) is 10.6 Å². The van der Waals surface area contributed by atoms with Gasteiger partial charge in [-0.2, -0.15) is 0 Å². The van der Waals surface area contributed by atoms with Crippen LogP contribution in [0.25, 0.3) is 0 Å². The lowest BCUT2D eigenvalue weighted by atomic mass is 9.93. The van der Waals surface area contributed by atoms with Crippen molar-refractivity contribution in [2.24, 2.45) is 0 Å². The van der Waals surface area contributed by atoms with Crippen molar-refractivity contribution >= 4 is 11.6 Å². The van der Waals surface area contributed by atoms with Crippen LogP contribution in [-0.4, -0.2) is 35.8 Å². The Hall–Kier alpha value is -1.75. The molecular formula is C15H20N2O3. The number of amides is 1. The Kier molecular flexibility index (Phi) is 3.78. The first-order chi connectivity index (χ1) is 9.72. The van der Waals surface area contributed by atoms with Gasteiger partial charge in [0.25, 0.3) is 5.91 Å². The van der Waals surface area contributed by atoms with Crippen LogP contribution in [0.2, 0.25) is 0 Å². The van der Waals surface area contributed by atoms with Crippen molar-refractivity contribution in [1.82, 2.24) is 5.32 Å². The Morgan fingerprint density at radius 3 is 3.05 bits per heavy atom. The molecule has 3 atom stereocenters. The summed E-state index contributed by atoms with van der Waals surface area (Å²) >= 11 is 0. The Morgan fingerprint density at radius 2 is 2.20 bits per heavy atom. The van der Waals surface area contributed by atoms with Crippen molar-refractivity contribution in [3.8, 4) is 5.75 Å². The molecule has 5 nitrogen and oxygen atoms in total. The third-order valence-electron chi connectivity index (χ3n) is 3.92. The van der Waals surface area contributed by atoms with Crippen LogP contribution in [0.3, 0.4) is 0 Å². The minimum Gasteiger partial charge on any atom is -0.477 e. The molecule has 0 spiro atoms.